The lowest BCUT2D eigenvalue weighted by Crippen LogP contribution is -2.27. The maximum atomic E-state index is 5.88. The van der Waals surface area contributed by atoms with Crippen molar-refractivity contribution in [1.29, 1.82) is 0 Å². The highest BCUT2D eigenvalue weighted by atomic mass is 16.5. The molecule has 1 fully saturated rings. The third-order valence-corrected chi connectivity index (χ3v) is 2.40. The van der Waals surface area contributed by atoms with Gasteiger partial charge in [0.1, 0.15) is 0 Å². The Morgan fingerprint density at radius 3 is 2.82 bits per heavy atom. The van der Waals surface area contributed by atoms with E-state index in [9.17, 15) is 0 Å². The Morgan fingerprint density at radius 1 is 1.45 bits per heavy atom. The number of rotatable bonds is 4. The fourth-order valence-electron chi connectivity index (χ4n) is 1.65. The second kappa shape index (κ2) is 4.73. The van der Waals surface area contributed by atoms with Gasteiger partial charge in [-0.15, -0.1) is 0 Å². The maximum absolute atomic E-state index is 5.88. The van der Waals surface area contributed by atoms with Crippen molar-refractivity contribution in [3.8, 4) is 0 Å². The quantitative estimate of drug-likeness (QED) is 0.628. The highest BCUT2D eigenvalue weighted by Gasteiger charge is 2.23. The molecule has 0 spiro atoms. The average molecular weight is 157 g/mol. The molecule has 11 heavy (non-hydrogen) atoms. The van der Waals surface area contributed by atoms with E-state index in [-0.39, 0.29) is 0 Å². The number of hydrogen-bond donors (Lipinski definition) is 1. The molecule has 2 nitrogen and oxygen atoms in total. The third-order valence-electron chi connectivity index (χ3n) is 2.40. The van der Waals surface area contributed by atoms with Gasteiger partial charge in [0.2, 0.25) is 0 Å². The van der Waals surface area contributed by atoms with E-state index >= 15 is 0 Å². The fourth-order valence-corrected chi connectivity index (χ4v) is 1.65. The number of ether oxygens (including phenoxy) is 1. The first kappa shape index (κ1) is 9.01. The fraction of sp³-hybridized carbons (Fsp3) is 1.00. The van der Waals surface area contributed by atoms with Crippen LogP contribution in [0, 0.1) is 5.92 Å². The Balaban J connectivity index is 2.05. The van der Waals surface area contributed by atoms with E-state index in [1.54, 1.807) is 0 Å². The molecule has 1 saturated carbocycles. The smallest absolute Gasteiger partial charge is 0.0509 e. The molecule has 0 saturated heterocycles. The van der Waals surface area contributed by atoms with Crippen LogP contribution in [0.15, 0.2) is 0 Å². The number of hydrogen-bond acceptors (Lipinski definition) is 2. The normalized spacial score (nSPS) is 31.1. The van der Waals surface area contributed by atoms with Crippen molar-refractivity contribution in [3.63, 3.8) is 0 Å². The molecule has 0 aliphatic heterocycles. The van der Waals surface area contributed by atoms with Crippen LogP contribution in [0.2, 0.25) is 0 Å². The van der Waals surface area contributed by atoms with Gasteiger partial charge in [-0.2, -0.15) is 0 Å². The van der Waals surface area contributed by atoms with Crippen LogP contribution in [0.4, 0.5) is 0 Å². The van der Waals surface area contributed by atoms with Crippen LogP contribution in [0.1, 0.15) is 32.6 Å². The molecule has 2 atom stereocenters. The van der Waals surface area contributed by atoms with Crippen LogP contribution >= 0.6 is 0 Å². The molecule has 2 N–H and O–H groups in total. The first-order chi connectivity index (χ1) is 5.34. The van der Waals surface area contributed by atoms with E-state index in [1.165, 1.54) is 19.3 Å². The minimum absolute atomic E-state index is 0.409. The largest absolute Gasteiger partial charge is 0.381 e. The van der Waals surface area contributed by atoms with Crippen molar-refractivity contribution in [1.82, 2.24) is 0 Å². The van der Waals surface area contributed by atoms with Gasteiger partial charge in [0.05, 0.1) is 6.61 Å². The lowest BCUT2D eigenvalue weighted by atomic mass is 10.1. The summed E-state index contributed by atoms with van der Waals surface area (Å²) in [5.41, 5.74) is 5.88. The molecule has 0 radical (unpaired) electrons. The molecule has 0 amide bonds. The Hall–Kier alpha value is -0.0800. The van der Waals surface area contributed by atoms with Gasteiger partial charge in [-0.05, 0) is 25.2 Å². The predicted molar refractivity (Wildman–Crippen MR) is 46.4 cm³/mol. The second-order valence-corrected chi connectivity index (χ2v) is 3.43. The van der Waals surface area contributed by atoms with Gasteiger partial charge in [-0.3, -0.25) is 0 Å². The van der Waals surface area contributed by atoms with Crippen LogP contribution in [0.25, 0.3) is 0 Å². The summed E-state index contributed by atoms with van der Waals surface area (Å²) >= 11 is 0. The van der Waals surface area contributed by atoms with Gasteiger partial charge in [-0.1, -0.05) is 13.3 Å². The van der Waals surface area contributed by atoms with Crippen molar-refractivity contribution >= 4 is 0 Å². The van der Waals surface area contributed by atoms with E-state index in [0.717, 1.165) is 19.6 Å². The Morgan fingerprint density at radius 2 is 2.27 bits per heavy atom. The van der Waals surface area contributed by atoms with Gasteiger partial charge in [0.25, 0.3) is 0 Å². The molecule has 1 rings (SSSR count). The summed E-state index contributed by atoms with van der Waals surface area (Å²) in [6.07, 6.45) is 4.87. The van der Waals surface area contributed by atoms with Gasteiger partial charge in [-0.25, -0.2) is 0 Å². The van der Waals surface area contributed by atoms with E-state index in [0.29, 0.717) is 12.0 Å². The number of nitrogens with two attached hydrogens (primary N) is 1. The molecule has 2 unspecified atom stereocenters. The topological polar surface area (TPSA) is 35.2 Å². The van der Waals surface area contributed by atoms with Crippen molar-refractivity contribution in [2.75, 3.05) is 13.2 Å². The van der Waals surface area contributed by atoms with Gasteiger partial charge < -0.3 is 10.5 Å². The Kier molecular flexibility index (Phi) is 3.87. The summed E-state index contributed by atoms with van der Waals surface area (Å²) in [6.45, 7) is 3.91. The minimum Gasteiger partial charge on any atom is -0.381 e. The molecule has 66 valence electrons. The summed E-state index contributed by atoms with van der Waals surface area (Å²) in [7, 11) is 0. The first-order valence-electron chi connectivity index (χ1n) is 4.68. The zero-order valence-electron chi connectivity index (χ0n) is 7.38. The molecule has 0 aromatic carbocycles. The predicted octanol–water partition coefficient (Wildman–Crippen LogP) is 1.54. The first-order valence-corrected chi connectivity index (χ1v) is 4.68. The molecular formula is C9H19NO. The molecule has 0 aromatic rings. The van der Waals surface area contributed by atoms with Crippen LogP contribution in [-0.4, -0.2) is 19.3 Å². The van der Waals surface area contributed by atoms with Gasteiger partial charge >= 0.3 is 0 Å². The molecular weight excluding hydrogens is 138 g/mol. The highest BCUT2D eigenvalue weighted by molar-refractivity contribution is 4.79. The van der Waals surface area contributed by atoms with Gasteiger partial charge in [0.15, 0.2) is 0 Å². The maximum Gasteiger partial charge on any atom is 0.0509 e. The van der Waals surface area contributed by atoms with Crippen LogP contribution < -0.4 is 5.73 Å². The SMILES string of the molecule is CCCOCC1CCCC1N. The minimum atomic E-state index is 0.409. The van der Waals surface area contributed by atoms with E-state index in [1.807, 2.05) is 0 Å². The molecule has 0 aromatic heterocycles. The van der Waals surface area contributed by atoms with Crippen molar-refractivity contribution < 1.29 is 4.74 Å². The third kappa shape index (κ3) is 2.80. The zero-order valence-corrected chi connectivity index (χ0v) is 7.38. The molecule has 0 heterocycles. The monoisotopic (exact) mass is 157 g/mol. The Labute approximate surface area is 69.1 Å². The molecule has 2 heteroatoms. The van der Waals surface area contributed by atoms with Crippen molar-refractivity contribution in [3.05, 3.63) is 0 Å². The van der Waals surface area contributed by atoms with Crippen molar-refractivity contribution in [2.24, 2.45) is 11.7 Å². The van der Waals surface area contributed by atoms with Crippen LogP contribution in [0.5, 0.6) is 0 Å². The summed E-state index contributed by atoms with van der Waals surface area (Å²) in [5.74, 6) is 0.640. The van der Waals surface area contributed by atoms with E-state index in [2.05, 4.69) is 6.92 Å². The summed E-state index contributed by atoms with van der Waals surface area (Å²) in [6, 6.07) is 0.409. The van der Waals surface area contributed by atoms with E-state index in [4.69, 9.17) is 10.5 Å². The van der Waals surface area contributed by atoms with Gasteiger partial charge in [0, 0.05) is 12.6 Å². The van der Waals surface area contributed by atoms with Crippen LogP contribution in [0.3, 0.4) is 0 Å². The zero-order chi connectivity index (χ0) is 8.10. The summed E-state index contributed by atoms with van der Waals surface area (Å²) < 4.78 is 5.46. The Bertz CT molecular complexity index is 106. The van der Waals surface area contributed by atoms with Crippen LogP contribution in [-0.2, 0) is 4.74 Å². The highest BCUT2D eigenvalue weighted by Crippen LogP contribution is 2.23. The summed E-state index contributed by atoms with van der Waals surface area (Å²) in [4.78, 5) is 0. The average Bonchev–Trinajstić information content (AvgIpc) is 2.37. The molecule has 1 aliphatic rings. The molecule has 1 aliphatic carbocycles. The lowest BCUT2D eigenvalue weighted by Gasteiger charge is -2.14. The standard InChI is InChI=1S/C9H19NO/c1-2-6-11-7-8-4-3-5-9(8)10/h8-9H,2-7,10H2,1H3. The van der Waals surface area contributed by atoms with Crippen molar-refractivity contribution in [2.45, 2.75) is 38.6 Å². The second-order valence-electron chi connectivity index (χ2n) is 3.43. The summed E-state index contributed by atoms with van der Waals surface area (Å²) in [5, 5.41) is 0. The van der Waals surface area contributed by atoms with E-state index < -0.39 is 0 Å². The lowest BCUT2D eigenvalue weighted by molar-refractivity contribution is 0.0969. The molecule has 0 bridgehead atoms.